The van der Waals surface area contributed by atoms with E-state index in [0.717, 1.165) is 24.6 Å². The van der Waals surface area contributed by atoms with E-state index in [0.29, 0.717) is 31.1 Å². The molecule has 0 radical (unpaired) electrons. The Labute approximate surface area is 168 Å². The zero-order valence-corrected chi connectivity index (χ0v) is 16.2. The number of carbonyl (C=O) groups is 1. The summed E-state index contributed by atoms with van der Waals surface area (Å²) in [5.41, 5.74) is 0.323. The lowest BCUT2D eigenvalue weighted by atomic mass is 10.1. The van der Waals surface area contributed by atoms with E-state index in [1.807, 2.05) is 19.1 Å². The summed E-state index contributed by atoms with van der Waals surface area (Å²) in [6.45, 7) is 5.08. The second-order valence-electron chi connectivity index (χ2n) is 6.97. The average molecular weight is 398 g/mol. The summed E-state index contributed by atoms with van der Waals surface area (Å²) < 4.78 is 30.8. The SMILES string of the molecule is Cc1ccc(C(CNC(=O)c2ccc(-c3ccccc3F)o2)N2CCOCC2)o1. The quantitative estimate of drug-likeness (QED) is 0.684. The third-order valence-corrected chi connectivity index (χ3v) is 5.00. The first-order chi connectivity index (χ1) is 14.1. The number of amides is 1. The molecule has 3 aromatic rings. The second kappa shape index (κ2) is 8.63. The number of halogens is 1. The molecule has 2 aromatic heterocycles. The van der Waals surface area contributed by atoms with Crippen LogP contribution in [0.3, 0.4) is 0 Å². The van der Waals surface area contributed by atoms with Gasteiger partial charge >= 0.3 is 0 Å². The number of furan rings is 2. The van der Waals surface area contributed by atoms with Crippen LogP contribution in [0, 0.1) is 12.7 Å². The fourth-order valence-corrected chi connectivity index (χ4v) is 3.47. The second-order valence-corrected chi connectivity index (χ2v) is 6.97. The Bertz CT molecular complexity index is 975. The lowest BCUT2D eigenvalue weighted by Crippen LogP contribution is -2.43. The minimum atomic E-state index is -0.394. The van der Waals surface area contributed by atoms with Crippen molar-refractivity contribution in [3.05, 3.63) is 71.6 Å². The predicted octanol–water partition coefficient (Wildman–Crippen LogP) is 3.79. The van der Waals surface area contributed by atoms with E-state index in [2.05, 4.69) is 10.2 Å². The molecule has 0 spiro atoms. The van der Waals surface area contributed by atoms with Crippen LogP contribution >= 0.6 is 0 Å². The van der Waals surface area contributed by atoms with Gasteiger partial charge in [0.25, 0.3) is 5.91 Å². The molecule has 29 heavy (non-hydrogen) atoms. The minimum Gasteiger partial charge on any atom is -0.465 e. The number of aryl methyl sites for hydroxylation is 1. The largest absolute Gasteiger partial charge is 0.465 e. The average Bonchev–Trinajstić information content (AvgIpc) is 3.39. The van der Waals surface area contributed by atoms with Crippen molar-refractivity contribution >= 4 is 5.91 Å². The Kier molecular flexibility index (Phi) is 5.78. The lowest BCUT2D eigenvalue weighted by molar-refractivity contribution is 0.0116. The molecule has 1 aliphatic rings. The molecule has 4 rings (SSSR count). The molecule has 1 atom stereocenters. The molecule has 152 valence electrons. The van der Waals surface area contributed by atoms with E-state index >= 15 is 0 Å². The summed E-state index contributed by atoms with van der Waals surface area (Å²) in [6, 6.07) is 13.2. The Morgan fingerprint density at radius 1 is 1.10 bits per heavy atom. The van der Waals surface area contributed by atoms with Crippen LogP contribution in [0.4, 0.5) is 4.39 Å². The molecule has 1 unspecified atom stereocenters. The first-order valence-corrected chi connectivity index (χ1v) is 9.63. The van der Waals surface area contributed by atoms with E-state index in [9.17, 15) is 9.18 Å². The van der Waals surface area contributed by atoms with Gasteiger partial charge in [-0.25, -0.2) is 4.39 Å². The van der Waals surface area contributed by atoms with Gasteiger partial charge in [-0.1, -0.05) is 12.1 Å². The summed E-state index contributed by atoms with van der Waals surface area (Å²) in [6.07, 6.45) is 0. The van der Waals surface area contributed by atoms with Gasteiger partial charge in [-0.05, 0) is 43.3 Å². The number of hydrogen-bond donors (Lipinski definition) is 1. The lowest BCUT2D eigenvalue weighted by Gasteiger charge is -2.33. The summed E-state index contributed by atoms with van der Waals surface area (Å²) in [5, 5.41) is 2.91. The molecule has 1 N–H and O–H groups in total. The molecule has 1 aromatic carbocycles. The van der Waals surface area contributed by atoms with Gasteiger partial charge < -0.3 is 18.9 Å². The molecule has 7 heteroatoms. The molecule has 0 bridgehead atoms. The van der Waals surface area contributed by atoms with Crippen molar-refractivity contribution in [3.8, 4) is 11.3 Å². The number of benzene rings is 1. The van der Waals surface area contributed by atoms with Gasteiger partial charge in [-0.3, -0.25) is 9.69 Å². The summed E-state index contributed by atoms with van der Waals surface area (Å²) in [4.78, 5) is 14.9. The van der Waals surface area contributed by atoms with Gasteiger partial charge in [0.2, 0.25) is 0 Å². The van der Waals surface area contributed by atoms with Crippen LogP contribution in [0.1, 0.15) is 28.1 Å². The molecule has 6 nitrogen and oxygen atoms in total. The van der Waals surface area contributed by atoms with Crippen molar-refractivity contribution in [2.24, 2.45) is 0 Å². The highest BCUT2D eigenvalue weighted by atomic mass is 19.1. The minimum absolute atomic E-state index is 0.0995. The number of rotatable bonds is 6. The molecule has 0 saturated carbocycles. The van der Waals surface area contributed by atoms with Crippen LogP contribution < -0.4 is 5.32 Å². The van der Waals surface area contributed by atoms with Crippen LogP contribution in [0.25, 0.3) is 11.3 Å². The van der Waals surface area contributed by atoms with Gasteiger partial charge in [0, 0.05) is 19.6 Å². The van der Waals surface area contributed by atoms with Crippen LogP contribution in [-0.4, -0.2) is 43.7 Å². The Balaban J connectivity index is 1.46. The zero-order valence-electron chi connectivity index (χ0n) is 16.2. The maximum Gasteiger partial charge on any atom is 0.287 e. The Morgan fingerprint density at radius 2 is 1.90 bits per heavy atom. The highest BCUT2D eigenvalue weighted by molar-refractivity contribution is 5.92. The Morgan fingerprint density at radius 3 is 2.62 bits per heavy atom. The first kappa shape index (κ1) is 19.4. The molecule has 1 amide bonds. The monoisotopic (exact) mass is 398 g/mol. The third kappa shape index (κ3) is 4.41. The maximum absolute atomic E-state index is 13.9. The first-order valence-electron chi connectivity index (χ1n) is 9.63. The molecule has 3 heterocycles. The van der Waals surface area contributed by atoms with Gasteiger partial charge in [0.05, 0.1) is 24.8 Å². The van der Waals surface area contributed by atoms with E-state index in [4.69, 9.17) is 13.6 Å². The topological polar surface area (TPSA) is 67.9 Å². The van der Waals surface area contributed by atoms with Gasteiger partial charge in [0.1, 0.15) is 23.1 Å². The van der Waals surface area contributed by atoms with Crippen molar-refractivity contribution in [1.29, 1.82) is 0 Å². The third-order valence-electron chi connectivity index (χ3n) is 5.00. The molecular formula is C22H23FN2O4. The molecular weight excluding hydrogens is 375 g/mol. The summed E-state index contributed by atoms with van der Waals surface area (Å²) in [5.74, 6) is 1.34. The number of nitrogens with one attached hydrogen (secondary N) is 1. The van der Waals surface area contributed by atoms with Gasteiger partial charge in [-0.2, -0.15) is 0 Å². The molecule has 0 aliphatic carbocycles. The Hall–Kier alpha value is -2.90. The van der Waals surface area contributed by atoms with E-state index in [1.54, 1.807) is 30.3 Å². The molecule has 1 fully saturated rings. The summed E-state index contributed by atoms with van der Waals surface area (Å²) >= 11 is 0. The van der Waals surface area contributed by atoms with Crippen molar-refractivity contribution in [3.63, 3.8) is 0 Å². The number of carbonyl (C=O) groups excluding carboxylic acids is 1. The van der Waals surface area contributed by atoms with Gasteiger partial charge in [0.15, 0.2) is 5.76 Å². The van der Waals surface area contributed by atoms with Crippen molar-refractivity contribution < 1.29 is 22.8 Å². The fraction of sp³-hybridized carbons (Fsp3) is 0.318. The normalized spacial score (nSPS) is 15.9. The molecule has 1 saturated heterocycles. The molecule has 1 aliphatic heterocycles. The smallest absolute Gasteiger partial charge is 0.287 e. The van der Waals surface area contributed by atoms with E-state index < -0.39 is 5.82 Å². The van der Waals surface area contributed by atoms with Crippen molar-refractivity contribution in [2.45, 2.75) is 13.0 Å². The van der Waals surface area contributed by atoms with Crippen molar-refractivity contribution in [2.75, 3.05) is 32.8 Å². The fourth-order valence-electron chi connectivity index (χ4n) is 3.47. The maximum atomic E-state index is 13.9. The number of morpholine rings is 1. The van der Waals surface area contributed by atoms with E-state index in [1.165, 1.54) is 6.07 Å². The van der Waals surface area contributed by atoms with Gasteiger partial charge in [-0.15, -0.1) is 0 Å². The van der Waals surface area contributed by atoms with Crippen LogP contribution in [0.5, 0.6) is 0 Å². The zero-order chi connectivity index (χ0) is 20.2. The van der Waals surface area contributed by atoms with Crippen LogP contribution in [-0.2, 0) is 4.74 Å². The number of nitrogens with zero attached hydrogens (tertiary/aromatic N) is 1. The number of ether oxygens (including phenoxy) is 1. The van der Waals surface area contributed by atoms with E-state index in [-0.39, 0.29) is 17.7 Å². The van der Waals surface area contributed by atoms with Crippen molar-refractivity contribution in [1.82, 2.24) is 10.2 Å². The predicted molar refractivity (Wildman–Crippen MR) is 105 cm³/mol. The number of hydrogen-bond acceptors (Lipinski definition) is 5. The standard InChI is InChI=1S/C22H23FN2O4/c1-15-6-7-20(28-15)18(25-10-12-27-13-11-25)14-24-22(26)21-9-8-19(29-21)16-4-2-3-5-17(16)23/h2-9,18H,10-14H2,1H3,(H,24,26). The van der Waals surface area contributed by atoms with Crippen LogP contribution in [0.15, 0.2) is 57.4 Å². The highest BCUT2D eigenvalue weighted by Gasteiger charge is 2.26. The highest BCUT2D eigenvalue weighted by Crippen LogP contribution is 2.26. The summed E-state index contributed by atoms with van der Waals surface area (Å²) in [7, 11) is 0. The van der Waals surface area contributed by atoms with Crippen LogP contribution in [0.2, 0.25) is 0 Å².